The summed E-state index contributed by atoms with van der Waals surface area (Å²) in [5.41, 5.74) is 7.01. The second-order valence-electron chi connectivity index (χ2n) is 10.6. The maximum Gasteiger partial charge on any atom is 0.246 e. The lowest BCUT2D eigenvalue weighted by Gasteiger charge is -2.40. The van der Waals surface area contributed by atoms with Crippen LogP contribution in [0.2, 0.25) is 0 Å². The lowest BCUT2D eigenvalue weighted by Crippen LogP contribution is -2.51. The van der Waals surface area contributed by atoms with Gasteiger partial charge in [-0.15, -0.1) is 0 Å². The van der Waals surface area contributed by atoms with Crippen LogP contribution in [0, 0.1) is 0 Å². The molecule has 2 atom stereocenters. The van der Waals surface area contributed by atoms with E-state index in [2.05, 4.69) is 15.2 Å². The van der Waals surface area contributed by atoms with E-state index in [1.165, 1.54) is 6.34 Å². The lowest BCUT2D eigenvalue weighted by atomic mass is 9.91. The number of ether oxygens (including phenoxy) is 2. The van der Waals surface area contributed by atoms with E-state index in [-0.39, 0.29) is 11.9 Å². The number of halogens is 1. The Hall–Kier alpha value is -4.15. The van der Waals surface area contributed by atoms with Crippen LogP contribution in [0.15, 0.2) is 89.1 Å². The Morgan fingerprint density at radius 3 is 2.68 bits per heavy atom. The van der Waals surface area contributed by atoms with Crippen molar-refractivity contribution in [2.75, 3.05) is 46.9 Å². The van der Waals surface area contributed by atoms with Crippen LogP contribution >= 0.6 is 0 Å². The number of amides is 1. The first-order valence-corrected chi connectivity index (χ1v) is 13.8. The Labute approximate surface area is 240 Å². The summed E-state index contributed by atoms with van der Waals surface area (Å²) in [4.78, 5) is 23.1. The van der Waals surface area contributed by atoms with Gasteiger partial charge in [-0.3, -0.25) is 4.79 Å². The fraction of sp³-hybridized carbons (Fsp3) is 0.355. The Balaban J connectivity index is 1.35. The minimum atomic E-state index is -1.04. The molecule has 0 saturated carbocycles. The van der Waals surface area contributed by atoms with Gasteiger partial charge in [0.2, 0.25) is 11.9 Å². The van der Waals surface area contributed by atoms with Crippen molar-refractivity contribution in [1.82, 2.24) is 20.0 Å². The summed E-state index contributed by atoms with van der Waals surface area (Å²) in [5, 5.41) is 2.95. The molecule has 1 amide bonds. The summed E-state index contributed by atoms with van der Waals surface area (Å²) in [6, 6.07) is 16.5. The topological polar surface area (TPSA) is 95.7 Å². The van der Waals surface area contributed by atoms with Gasteiger partial charge < -0.3 is 35.2 Å². The predicted octanol–water partition coefficient (Wildman–Crippen LogP) is 3.69. The highest BCUT2D eigenvalue weighted by molar-refractivity contribution is 5.89. The van der Waals surface area contributed by atoms with E-state index in [1.54, 1.807) is 23.0 Å². The van der Waals surface area contributed by atoms with Gasteiger partial charge in [-0.2, -0.15) is 4.39 Å². The van der Waals surface area contributed by atoms with E-state index in [4.69, 9.17) is 15.2 Å². The van der Waals surface area contributed by atoms with Crippen LogP contribution in [-0.4, -0.2) is 85.6 Å². The highest BCUT2D eigenvalue weighted by Gasteiger charge is 2.53. The van der Waals surface area contributed by atoms with E-state index in [0.717, 1.165) is 12.3 Å². The molecule has 9 nitrogen and oxygen atoms in total. The molecule has 10 heteroatoms. The minimum Gasteiger partial charge on any atom is -0.457 e. The molecule has 2 aromatic rings. The maximum atomic E-state index is 16.5. The van der Waals surface area contributed by atoms with Crippen molar-refractivity contribution in [2.45, 2.75) is 25.0 Å². The van der Waals surface area contributed by atoms with E-state index < -0.39 is 11.6 Å². The average Bonchev–Trinajstić information content (AvgIpc) is 3.53. The molecule has 3 N–H and O–H groups in total. The highest BCUT2D eigenvalue weighted by Crippen LogP contribution is 2.51. The third kappa shape index (κ3) is 5.84. The van der Waals surface area contributed by atoms with Crippen LogP contribution in [0.3, 0.4) is 0 Å². The number of para-hydroxylation sites is 1. The smallest absolute Gasteiger partial charge is 0.246 e. The van der Waals surface area contributed by atoms with Gasteiger partial charge >= 0.3 is 0 Å². The number of likely N-dealkylation sites (N-methyl/N-ethyl adjacent to an activating group) is 1. The SMILES string of the molecule is COCCN(C)C/C=C/C(=O)N1CC[C@@H](N2C(F)=C(c3ccc(Oc4ccccc4)cc3)C3=C(N)NC=NC32C)C1. The predicted molar refractivity (Wildman–Crippen MR) is 158 cm³/mol. The van der Waals surface area contributed by atoms with Crippen molar-refractivity contribution in [3.8, 4) is 11.5 Å². The number of nitrogens with zero attached hydrogens (tertiary/aromatic N) is 4. The number of rotatable bonds is 10. The number of aliphatic imine (C=N–C) groups is 1. The van der Waals surface area contributed by atoms with Gasteiger partial charge in [0.1, 0.15) is 17.3 Å². The summed E-state index contributed by atoms with van der Waals surface area (Å²) in [6.07, 6.45) is 5.58. The van der Waals surface area contributed by atoms with E-state index in [0.29, 0.717) is 60.9 Å². The minimum absolute atomic E-state index is 0.0836. The first kappa shape index (κ1) is 28.4. The molecule has 3 aliphatic rings. The molecule has 0 bridgehead atoms. The third-order valence-corrected chi connectivity index (χ3v) is 7.73. The fourth-order valence-electron chi connectivity index (χ4n) is 5.61. The Bertz CT molecular complexity index is 1370. The van der Waals surface area contributed by atoms with Gasteiger partial charge in [-0.1, -0.05) is 36.4 Å². The van der Waals surface area contributed by atoms with Crippen LogP contribution in [0.4, 0.5) is 4.39 Å². The van der Waals surface area contributed by atoms with E-state index in [1.807, 2.05) is 74.6 Å². The van der Waals surface area contributed by atoms with Crippen molar-refractivity contribution < 1.29 is 18.7 Å². The molecule has 1 unspecified atom stereocenters. The molecule has 0 spiro atoms. The third-order valence-electron chi connectivity index (χ3n) is 7.73. The van der Waals surface area contributed by atoms with Crippen molar-refractivity contribution in [1.29, 1.82) is 0 Å². The molecule has 1 saturated heterocycles. The zero-order valence-electron chi connectivity index (χ0n) is 23.7. The number of benzene rings is 2. The summed E-state index contributed by atoms with van der Waals surface area (Å²) < 4.78 is 27.5. The molecule has 2 aromatic carbocycles. The number of fused-ring (bicyclic) bond motifs is 1. The number of hydrogen-bond donors (Lipinski definition) is 2. The van der Waals surface area contributed by atoms with E-state index in [9.17, 15) is 4.79 Å². The zero-order chi connectivity index (χ0) is 29.0. The van der Waals surface area contributed by atoms with Gasteiger partial charge in [0.15, 0.2) is 5.66 Å². The van der Waals surface area contributed by atoms with Crippen LogP contribution in [0.1, 0.15) is 18.9 Å². The second kappa shape index (κ2) is 12.2. The van der Waals surface area contributed by atoms with Gasteiger partial charge in [0, 0.05) is 44.9 Å². The van der Waals surface area contributed by atoms with Crippen molar-refractivity contribution in [3.63, 3.8) is 0 Å². The maximum absolute atomic E-state index is 16.5. The van der Waals surface area contributed by atoms with Gasteiger partial charge in [0.25, 0.3) is 0 Å². The highest BCUT2D eigenvalue weighted by atomic mass is 19.1. The second-order valence-corrected chi connectivity index (χ2v) is 10.6. The monoisotopic (exact) mass is 560 g/mol. The Morgan fingerprint density at radius 1 is 1.22 bits per heavy atom. The van der Waals surface area contributed by atoms with Gasteiger partial charge in [-0.05, 0) is 50.2 Å². The molecule has 0 aromatic heterocycles. The molecular weight excluding hydrogens is 523 g/mol. The number of methoxy groups -OCH3 is 1. The summed E-state index contributed by atoms with van der Waals surface area (Å²) in [6.45, 7) is 4.84. The number of carbonyl (C=O) groups excluding carboxylic acids is 1. The number of nitrogens with one attached hydrogen (secondary N) is 1. The molecule has 1 fully saturated rings. The Kier molecular flexibility index (Phi) is 8.41. The van der Waals surface area contributed by atoms with Gasteiger partial charge in [0.05, 0.1) is 24.6 Å². The lowest BCUT2D eigenvalue weighted by molar-refractivity contribution is -0.125. The van der Waals surface area contributed by atoms with Crippen LogP contribution in [0.25, 0.3) is 5.57 Å². The molecule has 0 radical (unpaired) electrons. The fourth-order valence-corrected chi connectivity index (χ4v) is 5.61. The quantitative estimate of drug-likeness (QED) is 0.338. The summed E-state index contributed by atoms with van der Waals surface area (Å²) >= 11 is 0. The van der Waals surface area contributed by atoms with Crippen molar-refractivity contribution in [2.24, 2.45) is 10.7 Å². The number of likely N-dealkylation sites (tertiary alicyclic amines) is 1. The molecule has 216 valence electrons. The first-order chi connectivity index (χ1) is 19.8. The molecular formula is C31H37FN6O3. The Morgan fingerprint density at radius 2 is 1.95 bits per heavy atom. The molecule has 3 heterocycles. The number of hydrogen-bond acceptors (Lipinski definition) is 8. The first-order valence-electron chi connectivity index (χ1n) is 13.8. The zero-order valence-corrected chi connectivity index (χ0v) is 23.7. The van der Waals surface area contributed by atoms with E-state index >= 15 is 4.39 Å². The average molecular weight is 561 g/mol. The molecule has 5 rings (SSSR count). The van der Waals surface area contributed by atoms with Crippen LogP contribution in [-0.2, 0) is 9.53 Å². The number of nitrogens with two attached hydrogens (primary N) is 1. The molecule has 41 heavy (non-hydrogen) atoms. The normalized spacial score (nSPS) is 22.2. The summed E-state index contributed by atoms with van der Waals surface area (Å²) in [7, 11) is 3.64. The number of carbonyl (C=O) groups is 1. The van der Waals surface area contributed by atoms with Crippen LogP contribution < -0.4 is 15.8 Å². The van der Waals surface area contributed by atoms with Crippen molar-refractivity contribution in [3.05, 3.63) is 89.7 Å². The standard InChI is InChI=1S/C31H37FN6O3/c1-31-28(30(33)34-21-35-31)27(22-11-13-25(14-12-22)41-24-8-5-4-6-9-24)29(32)38(31)23-15-17-37(20-23)26(39)10-7-16-36(2)18-19-40-3/h4-14,21,23H,15-20,33H2,1-3H3,(H,34,35)/b10-7+/t23-,31?/m1/s1. The molecule has 3 aliphatic heterocycles. The van der Waals surface area contributed by atoms with Gasteiger partial charge in [-0.25, -0.2) is 4.99 Å². The summed E-state index contributed by atoms with van der Waals surface area (Å²) in [5.74, 6) is 1.23. The molecule has 0 aliphatic carbocycles. The van der Waals surface area contributed by atoms with Crippen LogP contribution in [0.5, 0.6) is 11.5 Å². The van der Waals surface area contributed by atoms with Crippen molar-refractivity contribution >= 4 is 17.8 Å². The largest absolute Gasteiger partial charge is 0.457 e.